The van der Waals surface area contributed by atoms with Gasteiger partial charge in [-0.15, -0.1) is 0 Å². The minimum absolute atomic E-state index is 0.736. The topological polar surface area (TPSA) is 4.93 Å². The third-order valence-electron chi connectivity index (χ3n) is 5.73. The second-order valence-corrected chi connectivity index (χ2v) is 29.1. The molecular weight excluding hydrogens is 401 g/mol. The third kappa shape index (κ3) is 3.06. The average Bonchev–Trinajstić information content (AvgIpc) is 2.81. The van der Waals surface area contributed by atoms with Gasteiger partial charge in [-0.2, -0.15) is 0 Å². The summed E-state index contributed by atoms with van der Waals surface area (Å²) in [5, 5.41) is 1.54. The van der Waals surface area contributed by atoms with Crippen molar-refractivity contribution in [3.63, 3.8) is 0 Å². The summed E-state index contributed by atoms with van der Waals surface area (Å²) in [6.07, 6.45) is 2.43. The Balaban J connectivity index is 2.82. The van der Waals surface area contributed by atoms with Crippen molar-refractivity contribution in [2.24, 2.45) is 0 Å². The molecule has 1 heterocycles. The number of hydrogen-bond acceptors (Lipinski definition) is 0. The summed E-state index contributed by atoms with van der Waals surface area (Å²) in [5.74, 6) is 0. The fraction of sp³-hybridized carbons (Fsp3) is 0.600. The number of hydrogen-bond donors (Lipinski definition) is 0. The summed E-state index contributed by atoms with van der Waals surface area (Å²) in [4.78, 5) is 7.58. The Kier molecular flexibility index (Phi) is 5.47. The zero-order chi connectivity index (χ0) is 17.6. The maximum atomic E-state index is 2.75. The Bertz CT molecular complexity index is 655. The van der Waals surface area contributed by atoms with Crippen molar-refractivity contribution in [3.05, 3.63) is 30.5 Å². The molecule has 1 aromatic heterocycles. The molecule has 1 aromatic carbocycles. The van der Waals surface area contributed by atoms with Crippen molar-refractivity contribution in [3.8, 4) is 0 Å². The number of benzene rings is 1. The molecule has 0 N–H and O–H groups in total. The summed E-state index contributed by atoms with van der Waals surface area (Å²) in [7, 11) is -1.66. The predicted molar refractivity (Wildman–Crippen MR) is 111 cm³/mol. The van der Waals surface area contributed by atoms with Gasteiger partial charge in [0, 0.05) is 0 Å². The van der Waals surface area contributed by atoms with Crippen LogP contribution in [0.5, 0.6) is 0 Å². The van der Waals surface area contributed by atoms with Crippen molar-refractivity contribution < 1.29 is 0 Å². The number of nitrogens with zero attached hydrogens (tertiary/aromatic N) is 1. The average molecular weight is 436 g/mol. The molecule has 0 amide bonds. The van der Waals surface area contributed by atoms with Crippen molar-refractivity contribution in [2.75, 3.05) is 0 Å². The van der Waals surface area contributed by atoms with Crippen LogP contribution in [0.2, 0.25) is 31.4 Å². The Morgan fingerprint density at radius 1 is 0.826 bits per heavy atom. The zero-order valence-corrected chi connectivity index (χ0v) is 20.4. The van der Waals surface area contributed by atoms with Gasteiger partial charge in [-0.3, -0.25) is 0 Å². The third-order valence-corrected chi connectivity index (χ3v) is 18.4. The SMILES string of the molecule is CC(C)[Si](C(C)C)(C(C)C)n1ccc2[c]([Sn]([CH3])([CH3])[CH3])cccc21. The fourth-order valence-electron chi connectivity index (χ4n) is 4.99. The Morgan fingerprint density at radius 3 is 1.78 bits per heavy atom. The maximum absolute atomic E-state index is 2.75. The van der Waals surface area contributed by atoms with Crippen LogP contribution in [0.1, 0.15) is 41.5 Å². The Labute approximate surface area is 148 Å². The van der Waals surface area contributed by atoms with E-state index < -0.39 is 26.6 Å². The van der Waals surface area contributed by atoms with Gasteiger partial charge in [0.15, 0.2) is 0 Å². The van der Waals surface area contributed by atoms with E-state index in [0.29, 0.717) is 0 Å². The van der Waals surface area contributed by atoms with Gasteiger partial charge in [0.25, 0.3) is 0 Å². The molecule has 0 saturated carbocycles. The van der Waals surface area contributed by atoms with Crippen LogP contribution < -0.4 is 3.58 Å². The molecule has 0 aliphatic rings. The van der Waals surface area contributed by atoms with Crippen molar-refractivity contribution in [2.45, 2.75) is 73.0 Å². The molecule has 0 aliphatic heterocycles. The summed E-state index contributed by atoms with van der Waals surface area (Å²) >= 11 is -2.09. The first-order valence-corrected chi connectivity index (χ1v) is 21.3. The van der Waals surface area contributed by atoms with E-state index in [1.165, 1.54) is 10.9 Å². The van der Waals surface area contributed by atoms with Crippen LogP contribution in [0.4, 0.5) is 0 Å². The molecule has 0 spiro atoms. The normalized spacial score (nSPS) is 13.7. The summed E-state index contributed by atoms with van der Waals surface area (Å²) < 4.78 is 4.43. The van der Waals surface area contributed by atoms with Gasteiger partial charge in [-0.25, -0.2) is 0 Å². The van der Waals surface area contributed by atoms with Crippen LogP contribution in [0.15, 0.2) is 30.5 Å². The van der Waals surface area contributed by atoms with E-state index >= 15 is 0 Å². The molecule has 2 rings (SSSR count). The first kappa shape index (κ1) is 19.1. The van der Waals surface area contributed by atoms with Crippen LogP contribution in [-0.4, -0.2) is 30.8 Å². The van der Waals surface area contributed by atoms with Crippen LogP contribution in [0, 0.1) is 0 Å². The van der Waals surface area contributed by atoms with E-state index in [0.717, 1.165) is 16.6 Å². The second kappa shape index (κ2) is 6.59. The molecule has 23 heavy (non-hydrogen) atoms. The number of aromatic nitrogens is 1. The van der Waals surface area contributed by atoms with Gasteiger partial charge in [0.1, 0.15) is 0 Å². The van der Waals surface area contributed by atoms with Crippen LogP contribution in [0.3, 0.4) is 0 Å². The van der Waals surface area contributed by atoms with Gasteiger partial charge in [-0.05, 0) is 0 Å². The first-order chi connectivity index (χ1) is 10.5. The standard InChI is InChI=1S/C17H26NSi.3CH3.Sn/c1-13(2)19(14(3)4,15(5)6)18-12-11-16-9-7-8-10-17(16)18;;;;/h7-8,10-15H,1-6H3;3*1H3;. The molecule has 0 bridgehead atoms. The van der Waals surface area contributed by atoms with Crippen molar-refractivity contribution >= 4 is 41.1 Å². The molecule has 0 atom stereocenters. The quantitative estimate of drug-likeness (QED) is 0.491. The van der Waals surface area contributed by atoms with Gasteiger partial charge in [-0.1, -0.05) is 0 Å². The van der Waals surface area contributed by atoms with E-state index in [4.69, 9.17) is 0 Å². The van der Waals surface area contributed by atoms with E-state index in [-0.39, 0.29) is 0 Å². The van der Waals surface area contributed by atoms with Gasteiger partial charge in [0.05, 0.1) is 0 Å². The fourth-order valence-corrected chi connectivity index (χ4v) is 16.2. The van der Waals surface area contributed by atoms with Crippen LogP contribution in [-0.2, 0) is 0 Å². The zero-order valence-electron chi connectivity index (χ0n) is 16.6. The van der Waals surface area contributed by atoms with E-state index in [2.05, 4.69) is 91.1 Å². The predicted octanol–water partition coefficient (Wildman–Crippen LogP) is 6.21. The van der Waals surface area contributed by atoms with Crippen LogP contribution >= 0.6 is 0 Å². The Hall–Kier alpha value is -0.224. The molecule has 1 nitrogen and oxygen atoms in total. The van der Waals surface area contributed by atoms with Crippen molar-refractivity contribution in [1.82, 2.24) is 4.23 Å². The molecule has 128 valence electrons. The molecular formula is C20H35NSiSn. The van der Waals surface area contributed by atoms with E-state index in [9.17, 15) is 0 Å². The summed E-state index contributed by atoms with van der Waals surface area (Å²) in [6.45, 7) is 14.7. The van der Waals surface area contributed by atoms with Crippen LogP contribution in [0.25, 0.3) is 10.9 Å². The van der Waals surface area contributed by atoms with Gasteiger partial charge >= 0.3 is 149 Å². The number of rotatable bonds is 5. The second-order valence-electron chi connectivity index (χ2n) is 9.03. The minimum atomic E-state index is -2.09. The summed E-state index contributed by atoms with van der Waals surface area (Å²) in [5.41, 5.74) is 3.71. The molecule has 2 aromatic rings. The molecule has 0 fully saturated rings. The molecule has 3 heteroatoms. The molecule has 0 aliphatic carbocycles. The monoisotopic (exact) mass is 437 g/mol. The van der Waals surface area contributed by atoms with E-state index in [1.54, 1.807) is 3.58 Å². The molecule has 0 saturated heterocycles. The van der Waals surface area contributed by atoms with Crippen molar-refractivity contribution in [1.29, 1.82) is 0 Å². The first-order valence-electron chi connectivity index (χ1n) is 9.15. The number of fused-ring (bicyclic) bond motifs is 1. The van der Waals surface area contributed by atoms with Gasteiger partial charge in [0.2, 0.25) is 0 Å². The summed E-state index contributed by atoms with van der Waals surface area (Å²) in [6, 6.07) is 9.48. The molecule has 0 radical (unpaired) electrons. The Morgan fingerprint density at radius 2 is 1.35 bits per heavy atom. The van der Waals surface area contributed by atoms with E-state index in [1.807, 2.05) is 0 Å². The van der Waals surface area contributed by atoms with Gasteiger partial charge < -0.3 is 0 Å². The molecule has 0 unspecified atom stereocenters.